The summed E-state index contributed by atoms with van der Waals surface area (Å²) in [6, 6.07) is 13.2. The van der Waals surface area contributed by atoms with E-state index < -0.39 is 5.97 Å². The Kier molecular flexibility index (Phi) is 5.08. The largest absolute Gasteiger partial charge is 0.481 e. The molecule has 3 rings (SSSR count). The van der Waals surface area contributed by atoms with Crippen LogP contribution < -0.4 is 0 Å². The van der Waals surface area contributed by atoms with Gasteiger partial charge in [0.05, 0.1) is 0 Å². The number of carboxylic acids is 1. The van der Waals surface area contributed by atoms with E-state index in [0.29, 0.717) is 12.3 Å². The lowest BCUT2D eigenvalue weighted by molar-refractivity contribution is -0.136. The van der Waals surface area contributed by atoms with Crippen LogP contribution in [0.25, 0.3) is 17.2 Å². The molecule has 0 unspecified atom stereocenters. The molecule has 0 aromatic heterocycles. The minimum atomic E-state index is -0.843. The Bertz CT molecular complexity index is 902. The zero-order valence-corrected chi connectivity index (χ0v) is 15.3. The van der Waals surface area contributed by atoms with Gasteiger partial charge in [-0.25, -0.2) is 4.39 Å². The Labute approximate surface area is 153 Å². The Morgan fingerprint density at radius 2 is 1.81 bits per heavy atom. The lowest BCUT2D eigenvalue weighted by Gasteiger charge is -2.07. The summed E-state index contributed by atoms with van der Waals surface area (Å²) in [6.07, 6.45) is 2.55. The van der Waals surface area contributed by atoms with Gasteiger partial charge in [-0.05, 0) is 76.4 Å². The predicted octanol–water partition coefficient (Wildman–Crippen LogP) is 6.14. The maximum absolute atomic E-state index is 13.8. The van der Waals surface area contributed by atoms with Crippen molar-refractivity contribution in [1.82, 2.24) is 0 Å². The molecule has 0 radical (unpaired) electrons. The highest BCUT2D eigenvalue weighted by Gasteiger charge is 2.24. The lowest BCUT2D eigenvalue weighted by atomic mass is 9.98. The third kappa shape index (κ3) is 3.62. The lowest BCUT2D eigenvalue weighted by Crippen LogP contribution is -1.95. The van der Waals surface area contributed by atoms with Gasteiger partial charge in [0.25, 0.3) is 0 Å². The van der Waals surface area contributed by atoms with Crippen LogP contribution in [0.3, 0.4) is 0 Å². The van der Waals surface area contributed by atoms with Crippen LogP contribution in [-0.4, -0.2) is 11.1 Å². The van der Waals surface area contributed by atoms with Gasteiger partial charge in [-0.2, -0.15) is 0 Å². The number of fused-ring (bicyclic) bond motifs is 1. The molecule has 1 aliphatic carbocycles. The van der Waals surface area contributed by atoms with E-state index >= 15 is 0 Å². The van der Waals surface area contributed by atoms with Crippen molar-refractivity contribution in [3.63, 3.8) is 0 Å². The Morgan fingerprint density at radius 1 is 1.12 bits per heavy atom. The monoisotopic (exact) mass is 350 g/mol. The number of benzene rings is 2. The van der Waals surface area contributed by atoms with Gasteiger partial charge in [0.15, 0.2) is 0 Å². The highest BCUT2D eigenvalue weighted by Crippen LogP contribution is 2.44. The normalized spacial score (nSPS) is 15.0. The molecule has 0 heterocycles. The summed E-state index contributed by atoms with van der Waals surface area (Å²) in [7, 11) is 0. The average Bonchev–Trinajstić information content (AvgIpc) is 2.84. The van der Waals surface area contributed by atoms with Crippen LogP contribution in [0.1, 0.15) is 61.8 Å². The molecule has 0 amide bonds. The number of carbonyl (C=O) groups is 1. The summed E-state index contributed by atoms with van der Waals surface area (Å²) in [5.41, 5.74) is 7.14. The highest BCUT2D eigenvalue weighted by atomic mass is 19.1. The van der Waals surface area contributed by atoms with Gasteiger partial charge in [0.1, 0.15) is 5.82 Å². The van der Waals surface area contributed by atoms with Crippen molar-refractivity contribution in [2.24, 2.45) is 0 Å². The van der Waals surface area contributed by atoms with Crippen LogP contribution in [0.5, 0.6) is 0 Å². The minimum absolute atomic E-state index is 0.0407. The van der Waals surface area contributed by atoms with E-state index in [0.717, 1.165) is 33.4 Å². The number of rotatable bonds is 5. The fourth-order valence-electron chi connectivity index (χ4n) is 3.45. The molecule has 1 aliphatic rings. The molecule has 134 valence electrons. The topological polar surface area (TPSA) is 37.3 Å². The fraction of sp³-hybridized carbons (Fsp3) is 0.261. The maximum Gasteiger partial charge on any atom is 0.303 e. The number of hydrogen-bond acceptors (Lipinski definition) is 1. The number of carboxylic acid groups (broad SMARTS) is 1. The Balaban J connectivity index is 2.04. The molecule has 0 spiro atoms. The smallest absolute Gasteiger partial charge is 0.303 e. The van der Waals surface area contributed by atoms with Gasteiger partial charge in [0, 0.05) is 6.42 Å². The Morgan fingerprint density at radius 3 is 2.42 bits per heavy atom. The van der Waals surface area contributed by atoms with Gasteiger partial charge >= 0.3 is 5.97 Å². The number of aliphatic carboxylic acids is 1. The minimum Gasteiger partial charge on any atom is -0.481 e. The van der Waals surface area contributed by atoms with Gasteiger partial charge in [-0.3, -0.25) is 4.79 Å². The van der Waals surface area contributed by atoms with Crippen molar-refractivity contribution in [1.29, 1.82) is 0 Å². The summed E-state index contributed by atoms with van der Waals surface area (Å²) in [5, 5.41) is 9.02. The predicted molar refractivity (Wildman–Crippen MR) is 104 cm³/mol. The quantitative estimate of drug-likeness (QED) is 0.703. The summed E-state index contributed by atoms with van der Waals surface area (Å²) < 4.78 is 13.8. The average molecular weight is 350 g/mol. The summed E-state index contributed by atoms with van der Waals surface area (Å²) >= 11 is 0. The molecule has 26 heavy (non-hydrogen) atoms. The summed E-state index contributed by atoms with van der Waals surface area (Å²) in [6.45, 7) is 6.32. The molecule has 0 fully saturated rings. The fourth-order valence-corrected chi connectivity index (χ4v) is 3.45. The third-order valence-corrected chi connectivity index (χ3v) is 4.96. The molecule has 3 heteroatoms. The van der Waals surface area contributed by atoms with Gasteiger partial charge in [0.2, 0.25) is 0 Å². The molecule has 2 aromatic rings. The third-order valence-electron chi connectivity index (χ3n) is 4.96. The molecule has 2 aromatic carbocycles. The zero-order chi connectivity index (χ0) is 18.8. The van der Waals surface area contributed by atoms with Crippen molar-refractivity contribution >= 4 is 23.2 Å². The van der Waals surface area contributed by atoms with Crippen molar-refractivity contribution < 1.29 is 14.3 Å². The molecular weight excluding hydrogens is 327 g/mol. The maximum atomic E-state index is 13.8. The van der Waals surface area contributed by atoms with Crippen molar-refractivity contribution in [2.45, 2.75) is 39.5 Å². The summed E-state index contributed by atoms with van der Waals surface area (Å²) in [4.78, 5) is 11.0. The second-order valence-corrected chi connectivity index (χ2v) is 7.07. The van der Waals surface area contributed by atoms with Crippen molar-refractivity contribution in [3.8, 4) is 0 Å². The first kappa shape index (κ1) is 18.1. The number of halogens is 1. The van der Waals surface area contributed by atoms with Crippen molar-refractivity contribution in [2.75, 3.05) is 0 Å². The van der Waals surface area contributed by atoms with Crippen LogP contribution in [0.4, 0.5) is 4.39 Å². The number of allylic oxidation sites excluding steroid dienone is 3. The van der Waals surface area contributed by atoms with E-state index in [1.807, 2.05) is 6.92 Å². The molecule has 1 N–H and O–H groups in total. The number of hydrogen-bond donors (Lipinski definition) is 1. The van der Waals surface area contributed by atoms with Crippen LogP contribution >= 0.6 is 0 Å². The molecule has 0 saturated carbocycles. The second-order valence-electron chi connectivity index (χ2n) is 7.07. The first-order valence-electron chi connectivity index (χ1n) is 8.90. The Hall–Kier alpha value is -2.68. The summed E-state index contributed by atoms with van der Waals surface area (Å²) in [5.74, 6) is -0.659. The van der Waals surface area contributed by atoms with E-state index in [2.05, 4.69) is 44.2 Å². The zero-order valence-electron chi connectivity index (χ0n) is 15.3. The van der Waals surface area contributed by atoms with Crippen LogP contribution in [-0.2, 0) is 4.79 Å². The first-order valence-corrected chi connectivity index (χ1v) is 8.90. The van der Waals surface area contributed by atoms with E-state index in [-0.39, 0.29) is 12.2 Å². The van der Waals surface area contributed by atoms with Crippen LogP contribution in [0.15, 0.2) is 48.0 Å². The van der Waals surface area contributed by atoms with Crippen molar-refractivity contribution in [3.05, 3.63) is 76.1 Å². The van der Waals surface area contributed by atoms with E-state index in [4.69, 9.17) is 5.11 Å². The van der Waals surface area contributed by atoms with E-state index in [1.165, 1.54) is 17.7 Å². The second kappa shape index (κ2) is 7.28. The molecular formula is C23H23FO2. The van der Waals surface area contributed by atoms with Crippen LogP contribution in [0, 0.1) is 5.82 Å². The van der Waals surface area contributed by atoms with E-state index in [1.54, 1.807) is 6.07 Å². The molecule has 0 saturated heterocycles. The van der Waals surface area contributed by atoms with Gasteiger partial charge in [-0.15, -0.1) is 0 Å². The molecule has 0 bridgehead atoms. The first-order chi connectivity index (χ1) is 12.4. The SMILES string of the molecule is CC1=C(CCC(=O)O)c2cc(F)ccc2/C1=C\c1ccc(C(C)C)cc1. The van der Waals surface area contributed by atoms with E-state index in [9.17, 15) is 9.18 Å². The van der Waals surface area contributed by atoms with Crippen LogP contribution in [0.2, 0.25) is 0 Å². The highest BCUT2D eigenvalue weighted by molar-refractivity contribution is 6.05. The van der Waals surface area contributed by atoms with Gasteiger partial charge < -0.3 is 5.11 Å². The standard InChI is InChI=1S/C23H23FO2/c1-14(2)17-6-4-16(5-7-17)12-21-15(3)19(10-11-23(25)26)22-13-18(24)8-9-20(21)22/h4-9,12-14H,10-11H2,1-3H3,(H,25,26)/b21-12-. The molecule has 2 nitrogen and oxygen atoms in total. The molecule has 0 aliphatic heterocycles. The van der Waals surface area contributed by atoms with Gasteiger partial charge in [-0.1, -0.05) is 44.2 Å². The molecule has 0 atom stereocenters.